The number of aromatic amines is 1. The number of benzene rings is 3. The summed E-state index contributed by atoms with van der Waals surface area (Å²) in [5, 5.41) is 17.1. The van der Waals surface area contributed by atoms with Crippen molar-refractivity contribution in [2.75, 3.05) is 0 Å². The Labute approximate surface area is 175 Å². The van der Waals surface area contributed by atoms with Crippen LogP contribution in [0.1, 0.15) is 35.6 Å². The summed E-state index contributed by atoms with van der Waals surface area (Å²) in [6.07, 6.45) is 5.47. The Morgan fingerprint density at radius 1 is 0.967 bits per heavy atom. The highest BCUT2D eigenvalue weighted by atomic mass is 16.4. The number of hydrogen-bond donors (Lipinski definition) is 2. The largest absolute Gasteiger partial charge is 0.478 e. The summed E-state index contributed by atoms with van der Waals surface area (Å²) < 4.78 is 0. The van der Waals surface area contributed by atoms with Gasteiger partial charge in [0.25, 0.3) is 0 Å². The molecule has 3 aromatic carbocycles. The molecule has 4 rings (SSSR count). The zero-order valence-corrected chi connectivity index (χ0v) is 16.7. The van der Waals surface area contributed by atoms with Crippen molar-refractivity contribution in [2.45, 2.75) is 13.3 Å². The molecule has 1 heterocycles. The smallest absolute Gasteiger partial charge is 0.328 e. The Morgan fingerprint density at radius 2 is 1.70 bits per heavy atom. The van der Waals surface area contributed by atoms with Gasteiger partial charge in [0, 0.05) is 11.5 Å². The molecule has 148 valence electrons. The second kappa shape index (κ2) is 8.62. The molecule has 0 spiro atoms. The summed E-state index contributed by atoms with van der Waals surface area (Å²) in [7, 11) is 0. The highest BCUT2D eigenvalue weighted by molar-refractivity contribution is 6.00. The Balaban J connectivity index is 1.89. The molecule has 0 fully saturated rings. The van der Waals surface area contributed by atoms with Crippen LogP contribution >= 0.6 is 0 Å². The predicted molar refractivity (Wildman–Crippen MR) is 122 cm³/mol. The lowest BCUT2D eigenvalue weighted by Crippen LogP contribution is -1.95. The van der Waals surface area contributed by atoms with Gasteiger partial charge in [0.1, 0.15) is 0 Å². The van der Waals surface area contributed by atoms with Gasteiger partial charge >= 0.3 is 5.97 Å². The highest BCUT2D eigenvalue weighted by Crippen LogP contribution is 2.35. The molecule has 2 N–H and O–H groups in total. The van der Waals surface area contributed by atoms with E-state index in [4.69, 9.17) is 5.11 Å². The number of allylic oxidation sites excluding steroid dienone is 1. The maximum absolute atomic E-state index is 10.8. The molecule has 4 heteroatoms. The SMILES string of the molecule is CC/C(=C(\c1ccc(C=CC(=O)O)cc1)c1ccc2[nH]ncc2c1)c1ccccc1. The summed E-state index contributed by atoms with van der Waals surface area (Å²) in [4.78, 5) is 10.8. The van der Waals surface area contributed by atoms with Gasteiger partial charge in [-0.3, -0.25) is 5.10 Å². The van der Waals surface area contributed by atoms with Crippen LogP contribution in [-0.2, 0) is 4.79 Å². The van der Waals surface area contributed by atoms with Gasteiger partial charge in [-0.1, -0.05) is 67.6 Å². The van der Waals surface area contributed by atoms with Crippen molar-refractivity contribution >= 4 is 34.1 Å². The molecule has 0 bridgehead atoms. The first-order valence-electron chi connectivity index (χ1n) is 9.89. The van der Waals surface area contributed by atoms with Gasteiger partial charge in [-0.2, -0.15) is 5.10 Å². The third-order valence-corrected chi connectivity index (χ3v) is 5.12. The maximum atomic E-state index is 10.8. The van der Waals surface area contributed by atoms with Crippen molar-refractivity contribution < 1.29 is 9.90 Å². The van der Waals surface area contributed by atoms with E-state index in [0.29, 0.717) is 0 Å². The molecule has 4 nitrogen and oxygen atoms in total. The third kappa shape index (κ3) is 4.08. The molecule has 0 radical (unpaired) electrons. The molecule has 0 saturated heterocycles. The number of nitrogens with one attached hydrogen (secondary N) is 1. The topological polar surface area (TPSA) is 66.0 Å². The van der Waals surface area contributed by atoms with Crippen LogP contribution < -0.4 is 0 Å². The molecule has 0 aliphatic rings. The molecule has 0 aliphatic carbocycles. The number of H-pyrrole nitrogens is 1. The van der Waals surface area contributed by atoms with Crippen molar-refractivity contribution in [3.8, 4) is 0 Å². The second-order valence-corrected chi connectivity index (χ2v) is 7.04. The molecular weight excluding hydrogens is 372 g/mol. The molecular formula is C26H22N2O2. The summed E-state index contributed by atoms with van der Waals surface area (Å²) in [5.41, 5.74) is 7.68. The van der Waals surface area contributed by atoms with Crippen LogP contribution in [0.2, 0.25) is 0 Å². The van der Waals surface area contributed by atoms with Gasteiger partial charge in [-0.25, -0.2) is 4.79 Å². The Morgan fingerprint density at radius 3 is 2.40 bits per heavy atom. The van der Waals surface area contributed by atoms with Crippen LogP contribution in [0, 0.1) is 0 Å². The van der Waals surface area contributed by atoms with E-state index in [1.165, 1.54) is 16.7 Å². The monoisotopic (exact) mass is 394 g/mol. The van der Waals surface area contributed by atoms with Crippen LogP contribution in [0.25, 0.3) is 28.1 Å². The van der Waals surface area contributed by atoms with Crippen LogP contribution in [0.4, 0.5) is 0 Å². The number of carbonyl (C=O) groups is 1. The van der Waals surface area contributed by atoms with Crippen LogP contribution in [0.5, 0.6) is 0 Å². The molecule has 1 aromatic heterocycles. The zero-order valence-electron chi connectivity index (χ0n) is 16.7. The first-order valence-corrected chi connectivity index (χ1v) is 9.89. The molecule has 0 amide bonds. The van der Waals surface area contributed by atoms with Gasteiger partial charge in [0.05, 0.1) is 11.7 Å². The lowest BCUT2D eigenvalue weighted by Gasteiger charge is -2.16. The quantitative estimate of drug-likeness (QED) is 0.310. The Hall–Kier alpha value is -3.92. The first-order chi connectivity index (χ1) is 14.7. The standard InChI is InChI=1S/C26H22N2O2/c1-2-23(19-6-4-3-5-7-19)26(21-13-14-24-22(16-21)17-27-28-24)20-11-8-18(9-12-20)10-15-25(29)30/h3-17H,2H2,1H3,(H,27,28)(H,29,30)/b15-10?,26-23-. The van der Waals surface area contributed by atoms with Crippen LogP contribution in [0.3, 0.4) is 0 Å². The lowest BCUT2D eigenvalue weighted by atomic mass is 9.87. The van der Waals surface area contributed by atoms with E-state index in [1.54, 1.807) is 6.08 Å². The first kappa shape index (κ1) is 19.4. The normalized spacial score (nSPS) is 12.3. The number of aliphatic carboxylic acids is 1. The highest BCUT2D eigenvalue weighted by Gasteiger charge is 2.14. The second-order valence-electron chi connectivity index (χ2n) is 7.04. The molecule has 30 heavy (non-hydrogen) atoms. The van der Waals surface area contributed by atoms with Gasteiger partial charge in [-0.05, 0) is 58.0 Å². The minimum atomic E-state index is -0.953. The summed E-state index contributed by atoms with van der Waals surface area (Å²) in [5.74, 6) is -0.953. The number of aromatic nitrogens is 2. The van der Waals surface area contributed by atoms with E-state index >= 15 is 0 Å². The van der Waals surface area contributed by atoms with Crippen molar-refractivity contribution in [1.29, 1.82) is 0 Å². The van der Waals surface area contributed by atoms with Crippen molar-refractivity contribution in [3.63, 3.8) is 0 Å². The third-order valence-electron chi connectivity index (χ3n) is 5.12. The molecule has 0 aliphatic heterocycles. The van der Waals surface area contributed by atoms with E-state index in [0.717, 1.165) is 40.1 Å². The van der Waals surface area contributed by atoms with Crippen molar-refractivity contribution in [2.24, 2.45) is 0 Å². The van der Waals surface area contributed by atoms with E-state index in [9.17, 15) is 4.79 Å². The molecule has 0 unspecified atom stereocenters. The number of carboxylic acids is 1. The van der Waals surface area contributed by atoms with Crippen molar-refractivity contribution in [1.82, 2.24) is 10.2 Å². The summed E-state index contributed by atoms with van der Waals surface area (Å²) in [6, 6.07) is 24.7. The van der Waals surface area contributed by atoms with Gasteiger partial charge < -0.3 is 5.11 Å². The number of rotatable bonds is 6. The lowest BCUT2D eigenvalue weighted by molar-refractivity contribution is -0.131. The Kier molecular flexibility index (Phi) is 5.57. The Bertz CT molecular complexity index is 1230. The fourth-order valence-corrected chi connectivity index (χ4v) is 3.71. The molecule has 0 saturated carbocycles. The predicted octanol–water partition coefficient (Wildman–Crippen LogP) is 6.03. The van der Waals surface area contributed by atoms with Crippen LogP contribution in [-0.4, -0.2) is 21.3 Å². The van der Waals surface area contributed by atoms with Gasteiger partial charge in [0.2, 0.25) is 0 Å². The number of carboxylic acid groups (broad SMARTS) is 1. The molecule has 0 atom stereocenters. The minimum Gasteiger partial charge on any atom is -0.478 e. The summed E-state index contributed by atoms with van der Waals surface area (Å²) in [6.45, 7) is 2.17. The molecule has 4 aromatic rings. The van der Waals surface area contributed by atoms with E-state index in [-0.39, 0.29) is 0 Å². The van der Waals surface area contributed by atoms with Crippen LogP contribution in [0.15, 0.2) is 85.1 Å². The number of hydrogen-bond acceptors (Lipinski definition) is 2. The maximum Gasteiger partial charge on any atom is 0.328 e. The zero-order chi connectivity index (χ0) is 20.9. The average molecular weight is 394 g/mol. The fraction of sp³-hybridized carbons (Fsp3) is 0.0769. The van der Waals surface area contributed by atoms with E-state index in [1.807, 2.05) is 24.4 Å². The van der Waals surface area contributed by atoms with Crippen molar-refractivity contribution in [3.05, 3.63) is 107 Å². The fourth-order valence-electron chi connectivity index (χ4n) is 3.71. The van der Waals surface area contributed by atoms with Gasteiger partial charge in [-0.15, -0.1) is 0 Å². The minimum absolute atomic E-state index is 0.851. The number of nitrogens with zero attached hydrogens (tertiary/aromatic N) is 1. The van der Waals surface area contributed by atoms with Gasteiger partial charge in [0.15, 0.2) is 0 Å². The van der Waals surface area contributed by atoms with E-state index < -0.39 is 5.97 Å². The number of fused-ring (bicyclic) bond motifs is 1. The average Bonchev–Trinajstić information content (AvgIpc) is 3.25. The summed E-state index contributed by atoms with van der Waals surface area (Å²) >= 11 is 0. The van der Waals surface area contributed by atoms with E-state index in [2.05, 4.69) is 71.7 Å².